The lowest BCUT2D eigenvalue weighted by atomic mass is 9.97. The fourth-order valence-electron chi connectivity index (χ4n) is 4.64. The normalized spacial score (nSPS) is 18.3. The summed E-state index contributed by atoms with van der Waals surface area (Å²) in [6.45, 7) is 4.47. The number of carbonyl (C=O) groups is 3. The van der Waals surface area contributed by atoms with Gasteiger partial charge in [0.05, 0.1) is 18.6 Å². The summed E-state index contributed by atoms with van der Waals surface area (Å²) in [4.78, 5) is 41.6. The van der Waals surface area contributed by atoms with Gasteiger partial charge in [-0.05, 0) is 44.7 Å². The largest absolute Gasteiger partial charge is 0.466 e. The van der Waals surface area contributed by atoms with E-state index in [1.54, 1.807) is 41.0 Å². The van der Waals surface area contributed by atoms with Gasteiger partial charge in [-0.3, -0.25) is 14.4 Å². The Morgan fingerprint density at radius 2 is 2.00 bits per heavy atom. The summed E-state index contributed by atoms with van der Waals surface area (Å²) >= 11 is 6.07. The van der Waals surface area contributed by atoms with Gasteiger partial charge in [0.25, 0.3) is 5.91 Å². The van der Waals surface area contributed by atoms with Gasteiger partial charge in [-0.1, -0.05) is 28.9 Å². The summed E-state index contributed by atoms with van der Waals surface area (Å²) in [7, 11) is 0. The van der Waals surface area contributed by atoms with Crippen molar-refractivity contribution in [2.45, 2.75) is 45.1 Å². The van der Waals surface area contributed by atoms with Gasteiger partial charge in [0.1, 0.15) is 0 Å². The number of benzene rings is 1. The average molecular weight is 518 g/mol. The molecule has 0 bridgehead atoms. The van der Waals surface area contributed by atoms with Crippen molar-refractivity contribution >= 4 is 29.4 Å². The third-order valence-corrected chi connectivity index (χ3v) is 6.87. The maximum atomic E-state index is 13.4. The van der Waals surface area contributed by atoms with Gasteiger partial charge in [0, 0.05) is 55.9 Å². The summed E-state index contributed by atoms with van der Waals surface area (Å²) in [5.74, 6) is -0.257. The molecule has 1 aromatic carbocycles. The SMILES string of the molecule is CCOC(=O)C1CCN(C(=O)CCN(C[C@H]2CCCO2)C(=O)c2cc(-c3cccc(Cl)c3)on2)CC1. The molecule has 1 aromatic heterocycles. The average Bonchev–Trinajstić information content (AvgIpc) is 3.59. The molecule has 2 fully saturated rings. The van der Waals surface area contributed by atoms with Crippen molar-refractivity contribution < 1.29 is 28.4 Å². The first kappa shape index (κ1) is 26.2. The van der Waals surface area contributed by atoms with Crippen LogP contribution in [0.15, 0.2) is 34.9 Å². The lowest BCUT2D eigenvalue weighted by Crippen LogP contribution is -2.43. The quantitative estimate of drug-likeness (QED) is 0.466. The number of ether oxygens (including phenoxy) is 2. The molecule has 0 saturated carbocycles. The highest BCUT2D eigenvalue weighted by Crippen LogP contribution is 2.25. The molecule has 0 unspecified atom stereocenters. The maximum Gasteiger partial charge on any atom is 0.309 e. The number of hydrogen-bond donors (Lipinski definition) is 0. The number of rotatable bonds is 9. The first-order valence-electron chi connectivity index (χ1n) is 12.5. The van der Waals surface area contributed by atoms with Gasteiger partial charge in [0.15, 0.2) is 11.5 Å². The van der Waals surface area contributed by atoms with Crippen molar-refractivity contribution in [3.63, 3.8) is 0 Å². The van der Waals surface area contributed by atoms with Crippen LogP contribution in [0, 0.1) is 5.92 Å². The standard InChI is InChI=1S/C26H32ClN3O6/c1-2-34-26(33)18-8-11-29(12-9-18)24(31)10-13-30(17-21-7-4-14-35-21)25(32)22-16-23(36-28-22)19-5-3-6-20(27)15-19/h3,5-6,15-16,18,21H,2,4,7-14,17H2,1H3/t21-/m1/s1. The number of carbonyl (C=O) groups excluding carboxylic acids is 3. The molecule has 10 heteroatoms. The van der Waals surface area contributed by atoms with E-state index in [0.717, 1.165) is 18.4 Å². The van der Waals surface area contributed by atoms with Crippen LogP contribution in [0.25, 0.3) is 11.3 Å². The zero-order valence-electron chi connectivity index (χ0n) is 20.5. The molecule has 1 atom stereocenters. The summed E-state index contributed by atoms with van der Waals surface area (Å²) in [5.41, 5.74) is 0.895. The van der Waals surface area contributed by atoms with E-state index in [1.807, 2.05) is 6.07 Å². The first-order chi connectivity index (χ1) is 17.4. The number of hydrogen-bond acceptors (Lipinski definition) is 7. The molecule has 3 heterocycles. The van der Waals surface area contributed by atoms with E-state index < -0.39 is 0 Å². The molecule has 2 amide bonds. The fourth-order valence-corrected chi connectivity index (χ4v) is 4.83. The summed E-state index contributed by atoms with van der Waals surface area (Å²) in [6, 6.07) is 8.72. The Hall–Kier alpha value is -2.91. The van der Waals surface area contributed by atoms with E-state index in [2.05, 4.69) is 5.16 Å². The lowest BCUT2D eigenvalue weighted by molar-refractivity contribution is -0.151. The number of nitrogens with zero attached hydrogens (tertiary/aromatic N) is 3. The van der Waals surface area contributed by atoms with Crippen molar-refractivity contribution in [1.82, 2.24) is 15.0 Å². The van der Waals surface area contributed by atoms with Crippen LogP contribution in [0.2, 0.25) is 5.02 Å². The van der Waals surface area contributed by atoms with E-state index in [1.165, 1.54) is 0 Å². The molecule has 0 radical (unpaired) electrons. The van der Waals surface area contributed by atoms with Gasteiger partial charge >= 0.3 is 5.97 Å². The molecule has 9 nitrogen and oxygen atoms in total. The molecule has 2 saturated heterocycles. The Kier molecular flexibility index (Phi) is 8.98. The van der Waals surface area contributed by atoms with E-state index in [0.29, 0.717) is 56.5 Å². The molecule has 36 heavy (non-hydrogen) atoms. The second-order valence-electron chi connectivity index (χ2n) is 9.13. The highest BCUT2D eigenvalue weighted by atomic mass is 35.5. The van der Waals surface area contributed by atoms with E-state index >= 15 is 0 Å². The van der Waals surface area contributed by atoms with E-state index in [9.17, 15) is 14.4 Å². The smallest absolute Gasteiger partial charge is 0.309 e. The Labute approximate surface area is 215 Å². The molecule has 2 aliphatic rings. The van der Waals surface area contributed by atoms with Crippen molar-refractivity contribution in [3.8, 4) is 11.3 Å². The number of esters is 1. The Morgan fingerprint density at radius 1 is 1.19 bits per heavy atom. The minimum atomic E-state index is -0.309. The third kappa shape index (κ3) is 6.64. The van der Waals surface area contributed by atoms with Crippen molar-refractivity contribution in [3.05, 3.63) is 41.0 Å². The summed E-state index contributed by atoms with van der Waals surface area (Å²) in [6.07, 6.45) is 3.11. The predicted molar refractivity (Wildman–Crippen MR) is 132 cm³/mol. The van der Waals surface area contributed by atoms with Gasteiger partial charge < -0.3 is 23.8 Å². The van der Waals surface area contributed by atoms with Gasteiger partial charge in [-0.15, -0.1) is 0 Å². The van der Waals surface area contributed by atoms with Crippen LogP contribution in [0.3, 0.4) is 0 Å². The topological polar surface area (TPSA) is 102 Å². The highest BCUT2D eigenvalue weighted by molar-refractivity contribution is 6.30. The zero-order chi connectivity index (χ0) is 25.5. The Balaban J connectivity index is 1.38. The Bertz CT molecular complexity index is 1060. The van der Waals surface area contributed by atoms with Gasteiger partial charge in [0.2, 0.25) is 5.91 Å². The van der Waals surface area contributed by atoms with Crippen LogP contribution in [-0.4, -0.2) is 78.2 Å². The summed E-state index contributed by atoms with van der Waals surface area (Å²) < 4.78 is 16.3. The minimum absolute atomic E-state index is 0.0396. The molecule has 2 aliphatic heterocycles. The molecule has 4 rings (SSSR count). The van der Waals surface area contributed by atoms with Crippen LogP contribution < -0.4 is 0 Å². The predicted octanol–water partition coefficient (Wildman–Crippen LogP) is 3.81. The Morgan fingerprint density at radius 3 is 2.69 bits per heavy atom. The van der Waals surface area contributed by atoms with Crippen molar-refractivity contribution in [2.75, 3.05) is 39.4 Å². The molecular weight excluding hydrogens is 486 g/mol. The zero-order valence-corrected chi connectivity index (χ0v) is 21.2. The van der Waals surface area contributed by atoms with Crippen LogP contribution in [0.4, 0.5) is 0 Å². The number of amides is 2. The maximum absolute atomic E-state index is 13.4. The molecule has 0 aliphatic carbocycles. The number of aromatic nitrogens is 1. The minimum Gasteiger partial charge on any atom is -0.466 e. The lowest BCUT2D eigenvalue weighted by Gasteiger charge is -2.32. The molecule has 0 N–H and O–H groups in total. The number of piperidine rings is 1. The second kappa shape index (κ2) is 12.4. The summed E-state index contributed by atoms with van der Waals surface area (Å²) in [5, 5.41) is 4.54. The van der Waals surface area contributed by atoms with Gasteiger partial charge in [-0.25, -0.2) is 0 Å². The van der Waals surface area contributed by atoms with Crippen LogP contribution in [-0.2, 0) is 19.1 Å². The molecule has 2 aromatic rings. The van der Waals surface area contributed by atoms with E-state index in [4.69, 9.17) is 25.6 Å². The highest BCUT2D eigenvalue weighted by Gasteiger charge is 2.30. The van der Waals surface area contributed by atoms with Crippen LogP contribution >= 0.6 is 11.6 Å². The molecule has 194 valence electrons. The second-order valence-corrected chi connectivity index (χ2v) is 9.57. The molecular formula is C26H32ClN3O6. The first-order valence-corrected chi connectivity index (χ1v) is 12.9. The third-order valence-electron chi connectivity index (χ3n) is 6.64. The van der Waals surface area contributed by atoms with Crippen LogP contribution in [0.1, 0.15) is 49.5 Å². The molecule has 0 spiro atoms. The van der Waals surface area contributed by atoms with Gasteiger partial charge in [-0.2, -0.15) is 0 Å². The van der Waals surface area contributed by atoms with Crippen molar-refractivity contribution in [2.24, 2.45) is 5.92 Å². The van der Waals surface area contributed by atoms with E-state index in [-0.39, 0.29) is 48.5 Å². The van der Waals surface area contributed by atoms with Crippen LogP contribution in [0.5, 0.6) is 0 Å². The number of likely N-dealkylation sites (tertiary alicyclic amines) is 1. The number of halogens is 1. The fraction of sp³-hybridized carbons (Fsp3) is 0.538. The monoisotopic (exact) mass is 517 g/mol. The van der Waals surface area contributed by atoms with Crippen molar-refractivity contribution in [1.29, 1.82) is 0 Å².